The van der Waals surface area contributed by atoms with Gasteiger partial charge in [0.15, 0.2) is 0 Å². The number of nitrogens with one attached hydrogen (secondary N) is 2. The third-order valence-corrected chi connectivity index (χ3v) is 4.43. The van der Waals surface area contributed by atoms with Crippen molar-refractivity contribution >= 4 is 23.4 Å². The first kappa shape index (κ1) is 14.2. The fourth-order valence-corrected chi connectivity index (χ4v) is 2.94. The lowest BCUT2D eigenvalue weighted by Crippen LogP contribution is -2.48. The Morgan fingerprint density at radius 2 is 2.37 bits per heavy atom. The van der Waals surface area contributed by atoms with E-state index in [1.807, 2.05) is 37.3 Å². The summed E-state index contributed by atoms with van der Waals surface area (Å²) in [6.45, 7) is 6.60. The summed E-state index contributed by atoms with van der Waals surface area (Å²) in [5, 5.41) is 6.33. The van der Waals surface area contributed by atoms with Gasteiger partial charge in [-0.15, -0.1) is 18.3 Å². The number of thioether (sulfide) groups is 1. The van der Waals surface area contributed by atoms with Gasteiger partial charge in [-0.1, -0.05) is 18.2 Å². The van der Waals surface area contributed by atoms with Crippen molar-refractivity contribution in [2.24, 2.45) is 0 Å². The Balaban J connectivity index is 2.09. The van der Waals surface area contributed by atoms with Gasteiger partial charge < -0.3 is 10.6 Å². The average molecular weight is 276 g/mol. The van der Waals surface area contributed by atoms with Gasteiger partial charge in [-0.25, -0.2) is 0 Å². The van der Waals surface area contributed by atoms with Gasteiger partial charge in [-0.2, -0.15) is 0 Å². The Hall–Kier alpha value is -1.26. The molecular formula is C15H20N2OS. The molecule has 19 heavy (non-hydrogen) atoms. The Morgan fingerprint density at radius 3 is 3.05 bits per heavy atom. The first-order valence-corrected chi connectivity index (χ1v) is 7.53. The summed E-state index contributed by atoms with van der Waals surface area (Å²) < 4.78 is 0. The Labute approximate surface area is 118 Å². The van der Waals surface area contributed by atoms with Crippen LogP contribution in [0.15, 0.2) is 41.8 Å². The molecule has 1 aliphatic heterocycles. The predicted molar refractivity (Wildman–Crippen MR) is 81.6 cm³/mol. The molecule has 0 radical (unpaired) electrons. The minimum absolute atomic E-state index is 0.0525. The maximum absolute atomic E-state index is 12.4. The normalized spacial score (nSPS) is 22.2. The first-order valence-electron chi connectivity index (χ1n) is 6.55. The molecule has 1 aliphatic rings. The Kier molecular flexibility index (Phi) is 4.66. The molecule has 1 fully saturated rings. The molecule has 1 amide bonds. The van der Waals surface area contributed by atoms with Gasteiger partial charge >= 0.3 is 0 Å². The number of benzene rings is 1. The zero-order valence-corrected chi connectivity index (χ0v) is 12.1. The molecule has 1 aromatic carbocycles. The highest BCUT2D eigenvalue weighted by molar-refractivity contribution is 7.99. The van der Waals surface area contributed by atoms with Gasteiger partial charge in [0.05, 0.1) is 11.2 Å². The zero-order chi connectivity index (χ0) is 13.7. The van der Waals surface area contributed by atoms with E-state index in [1.54, 1.807) is 11.8 Å². The van der Waals surface area contributed by atoms with Crippen LogP contribution in [0.1, 0.15) is 19.8 Å². The number of anilines is 1. The molecule has 3 nitrogen and oxygen atoms in total. The highest BCUT2D eigenvalue weighted by atomic mass is 32.2. The maximum Gasteiger partial charge on any atom is 0.244 e. The third-order valence-electron chi connectivity index (χ3n) is 3.36. The molecule has 1 saturated heterocycles. The molecule has 0 bridgehead atoms. The van der Waals surface area contributed by atoms with E-state index in [0.29, 0.717) is 0 Å². The van der Waals surface area contributed by atoms with Crippen LogP contribution in [0.5, 0.6) is 0 Å². The van der Waals surface area contributed by atoms with Gasteiger partial charge in [-0.3, -0.25) is 4.79 Å². The topological polar surface area (TPSA) is 41.1 Å². The number of amides is 1. The van der Waals surface area contributed by atoms with Crippen molar-refractivity contribution in [2.75, 3.05) is 17.6 Å². The lowest BCUT2D eigenvalue weighted by Gasteiger charge is -2.23. The predicted octanol–water partition coefficient (Wildman–Crippen LogP) is 3.05. The molecule has 0 spiro atoms. The van der Waals surface area contributed by atoms with Crippen LogP contribution in [-0.2, 0) is 4.79 Å². The van der Waals surface area contributed by atoms with E-state index >= 15 is 0 Å². The van der Waals surface area contributed by atoms with E-state index < -0.39 is 5.54 Å². The van der Waals surface area contributed by atoms with Gasteiger partial charge in [-0.05, 0) is 38.4 Å². The molecular weight excluding hydrogens is 256 g/mol. The van der Waals surface area contributed by atoms with Crippen LogP contribution >= 0.6 is 11.8 Å². The van der Waals surface area contributed by atoms with E-state index in [-0.39, 0.29) is 5.91 Å². The minimum Gasteiger partial charge on any atom is -0.323 e. The molecule has 0 aromatic heterocycles. The van der Waals surface area contributed by atoms with Crippen LogP contribution in [0.3, 0.4) is 0 Å². The Morgan fingerprint density at radius 1 is 1.58 bits per heavy atom. The molecule has 1 unspecified atom stereocenters. The zero-order valence-electron chi connectivity index (χ0n) is 11.2. The van der Waals surface area contributed by atoms with E-state index in [2.05, 4.69) is 17.2 Å². The summed E-state index contributed by atoms with van der Waals surface area (Å²) in [5.41, 5.74) is 0.449. The van der Waals surface area contributed by atoms with Crippen molar-refractivity contribution in [3.05, 3.63) is 36.9 Å². The molecule has 102 valence electrons. The smallest absolute Gasteiger partial charge is 0.244 e. The van der Waals surface area contributed by atoms with Crippen molar-refractivity contribution in [3.8, 4) is 0 Å². The van der Waals surface area contributed by atoms with Gasteiger partial charge in [0.25, 0.3) is 0 Å². The molecule has 1 heterocycles. The van der Waals surface area contributed by atoms with Crippen LogP contribution in [-0.4, -0.2) is 23.7 Å². The fourth-order valence-electron chi connectivity index (χ4n) is 2.19. The largest absolute Gasteiger partial charge is 0.323 e. The monoisotopic (exact) mass is 276 g/mol. The minimum atomic E-state index is -0.434. The molecule has 2 N–H and O–H groups in total. The van der Waals surface area contributed by atoms with E-state index in [9.17, 15) is 4.79 Å². The average Bonchev–Trinajstić information content (AvgIpc) is 2.86. The highest BCUT2D eigenvalue weighted by Crippen LogP contribution is 2.28. The van der Waals surface area contributed by atoms with Crippen LogP contribution in [0.25, 0.3) is 0 Å². The van der Waals surface area contributed by atoms with Crippen molar-refractivity contribution < 1.29 is 4.79 Å². The quantitative estimate of drug-likeness (QED) is 0.641. The van der Waals surface area contributed by atoms with Crippen LogP contribution in [0.4, 0.5) is 5.69 Å². The summed E-state index contributed by atoms with van der Waals surface area (Å²) in [7, 11) is 0. The van der Waals surface area contributed by atoms with Crippen molar-refractivity contribution in [1.29, 1.82) is 0 Å². The van der Waals surface area contributed by atoms with Crippen molar-refractivity contribution in [3.63, 3.8) is 0 Å². The van der Waals surface area contributed by atoms with Gasteiger partial charge in [0.1, 0.15) is 0 Å². The third kappa shape index (κ3) is 3.39. The number of carbonyl (C=O) groups is 1. The number of rotatable bonds is 5. The van der Waals surface area contributed by atoms with Crippen molar-refractivity contribution in [1.82, 2.24) is 5.32 Å². The summed E-state index contributed by atoms with van der Waals surface area (Å²) >= 11 is 1.68. The standard InChI is InChI=1S/C15H20N2OS/c1-3-11-19-13-8-5-4-7-12(13)17-14(18)15(2)9-6-10-16-15/h3-5,7-8,16H,1,6,9-11H2,2H3,(H,17,18). The Bertz CT molecular complexity index is 467. The van der Waals surface area contributed by atoms with E-state index in [1.165, 1.54) is 0 Å². The van der Waals surface area contributed by atoms with E-state index in [0.717, 1.165) is 35.7 Å². The first-order chi connectivity index (χ1) is 9.15. The number of hydrogen-bond donors (Lipinski definition) is 2. The lowest BCUT2D eigenvalue weighted by atomic mass is 9.99. The second-order valence-corrected chi connectivity index (χ2v) is 5.97. The summed E-state index contributed by atoms with van der Waals surface area (Å²) in [4.78, 5) is 13.4. The number of carbonyl (C=O) groups excluding carboxylic acids is 1. The fraction of sp³-hybridized carbons (Fsp3) is 0.400. The molecule has 1 atom stereocenters. The molecule has 2 rings (SSSR count). The second-order valence-electron chi connectivity index (χ2n) is 4.91. The van der Waals surface area contributed by atoms with Crippen molar-refractivity contribution in [2.45, 2.75) is 30.2 Å². The molecule has 1 aromatic rings. The molecule has 0 aliphatic carbocycles. The van der Waals surface area contributed by atoms with Crippen LogP contribution in [0.2, 0.25) is 0 Å². The van der Waals surface area contributed by atoms with Crippen LogP contribution in [0, 0.1) is 0 Å². The maximum atomic E-state index is 12.4. The summed E-state index contributed by atoms with van der Waals surface area (Å²) in [6, 6.07) is 7.89. The summed E-state index contributed by atoms with van der Waals surface area (Å²) in [5.74, 6) is 0.888. The van der Waals surface area contributed by atoms with E-state index in [4.69, 9.17) is 0 Å². The molecule has 4 heteroatoms. The van der Waals surface area contributed by atoms with Gasteiger partial charge in [0.2, 0.25) is 5.91 Å². The highest BCUT2D eigenvalue weighted by Gasteiger charge is 2.36. The SMILES string of the molecule is C=CCSc1ccccc1NC(=O)C1(C)CCCN1. The summed E-state index contributed by atoms with van der Waals surface area (Å²) in [6.07, 6.45) is 3.81. The number of para-hydroxylation sites is 1. The number of hydrogen-bond acceptors (Lipinski definition) is 3. The lowest BCUT2D eigenvalue weighted by molar-refractivity contribution is -0.121. The second kappa shape index (κ2) is 6.26. The van der Waals surface area contributed by atoms with Crippen LogP contribution < -0.4 is 10.6 Å². The van der Waals surface area contributed by atoms with Gasteiger partial charge in [0, 0.05) is 10.6 Å². The molecule has 0 saturated carbocycles.